The number of nitrogens with zero attached hydrogens (tertiary/aromatic N) is 1. The first-order valence-corrected chi connectivity index (χ1v) is 17.0. The number of nitrogens with two attached hydrogens (primary N) is 2. The van der Waals surface area contributed by atoms with Crippen molar-refractivity contribution < 1.29 is 48.3 Å². The summed E-state index contributed by atoms with van der Waals surface area (Å²) in [6.07, 6.45) is 0.369. The molecular weight excluding hydrogens is 670 g/mol. The van der Waals surface area contributed by atoms with Gasteiger partial charge in [-0.05, 0) is 43.4 Å². The van der Waals surface area contributed by atoms with E-state index in [1.807, 2.05) is 13.8 Å². The number of carboxylic acids is 1. The highest BCUT2D eigenvalue weighted by Crippen LogP contribution is 2.20. The molecule has 1 aliphatic heterocycles. The predicted molar refractivity (Wildman–Crippen MR) is 183 cm³/mol. The Kier molecular flexibility index (Phi) is 18.6. The fourth-order valence-electron chi connectivity index (χ4n) is 5.35. The smallest absolute Gasteiger partial charge is 0.322 e. The molecule has 8 amide bonds. The SMILES string of the molecule is CC(C)C[C@@H](NC(=O)[C@@H](NC(=O)CNC(=O)CN)C(C)C)C(=O)N[C@@H](C(=O)N[C@H](CCC(N)=O)C(=O)N1CCC[C@@H]1C(=O)NCC(=O)O)C(C)C. The van der Waals surface area contributed by atoms with Crippen molar-refractivity contribution in [2.45, 2.75) is 104 Å². The fraction of sp³-hybridized carbons (Fsp3) is 0.719. The normalized spacial score (nSPS) is 16.4. The van der Waals surface area contributed by atoms with Gasteiger partial charge in [-0.1, -0.05) is 41.5 Å². The average molecular weight is 726 g/mol. The Morgan fingerprint density at radius 1 is 0.745 bits per heavy atom. The molecule has 0 radical (unpaired) electrons. The molecule has 1 rings (SSSR count). The Balaban J connectivity index is 3.18. The van der Waals surface area contributed by atoms with Gasteiger partial charge >= 0.3 is 5.97 Å². The first-order chi connectivity index (χ1) is 23.8. The van der Waals surface area contributed by atoms with Crippen molar-refractivity contribution in [1.82, 2.24) is 36.8 Å². The molecule has 1 aliphatic rings. The van der Waals surface area contributed by atoms with Gasteiger partial charge in [-0.25, -0.2) is 0 Å². The molecule has 0 spiro atoms. The molecule has 1 fully saturated rings. The lowest BCUT2D eigenvalue weighted by Gasteiger charge is -2.31. The second kappa shape index (κ2) is 21.4. The number of likely N-dealkylation sites (tertiary alicyclic amines) is 1. The molecule has 19 heteroatoms. The molecule has 0 aromatic heterocycles. The van der Waals surface area contributed by atoms with Crippen molar-refractivity contribution in [3.63, 3.8) is 0 Å². The second-order valence-electron chi connectivity index (χ2n) is 13.6. The number of primary amides is 1. The van der Waals surface area contributed by atoms with Gasteiger partial charge in [-0.15, -0.1) is 0 Å². The minimum absolute atomic E-state index is 0.0946. The van der Waals surface area contributed by atoms with Crippen LogP contribution in [0.4, 0.5) is 0 Å². The highest BCUT2D eigenvalue weighted by atomic mass is 16.4. The maximum atomic E-state index is 13.7. The first-order valence-electron chi connectivity index (χ1n) is 17.0. The molecule has 0 aromatic rings. The lowest BCUT2D eigenvalue weighted by Crippen LogP contribution is -2.61. The van der Waals surface area contributed by atoms with Crippen LogP contribution in [-0.4, -0.2) is 120 Å². The molecule has 11 N–H and O–H groups in total. The van der Waals surface area contributed by atoms with Crippen molar-refractivity contribution in [2.24, 2.45) is 29.2 Å². The number of carbonyl (C=O) groups excluding carboxylic acids is 8. The Bertz CT molecular complexity index is 1290. The highest BCUT2D eigenvalue weighted by Gasteiger charge is 2.39. The lowest BCUT2D eigenvalue weighted by atomic mass is 9.98. The quantitative estimate of drug-likeness (QED) is 0.0568. The van der Waals surface area contributed by atoms with E-state index in [2.05, 4.69) is 31.9 Å². The zero-order valence-corrected chi connectivity index (χ0v) is 30.2. The van der Waals surface area contributed by atoms with E-state index >= 15 is 0 Å². The summed E-state index contributed by atoms with van der Waals surface area (Å²) in [4.78, 5) is 115. The summed E-state index contributed by atoms with van der Waals surface area (Å²) in [5, 5.41) is 24.0. The van der Waals surface area contributed by atoms with Gasteiger partial charge in [0.2, 0.25) is 47.3 Å². The van der Waals surface area contributed by atoms with Gasteiger partial charge in [0.1, 0.15) is 36.8 Å². The molecule has 0 unspecified atom stereocenters. The predicted octanol–water partition coefficient (Wildman–Crippen LogP) is -3.18. The summed E-state index contributed by atoms with van der Waals surface area (Å²) in [5.74, 6) is -7.73. The van der Waals surface area contributed by atoms with Crippen LogP contribution < -0.4 is 43.4 Å². The molecule has 5 atom stereocenters. The molecule has 0 saturated carbocycles. The van der Waals surface area contributed by atoms with Crippen molar-refractivity contribution in [3.05, 3.63) is 0 Å². The van der Waals surface area contributed by atoms with Crippen LogP contribution in [0.15, 0.2) is 0 Å². The minimum Gasteiger partial charge on any atom is -0.480 e. The highest BCUT2D eigenvalue weighted by molar-refractivity contribution is 5.97. The topological polar surface area (TPSA) is 301 Å². The van der Waals surface area contributed by atoms with Crippen LogP contribution in [0.3, 0.4) is 0 Å². The second-order valence-corrected chi connectivity index (χ2v) is 13.6. The van der Waals surface area contributed by atoms with Crippen molar-refractivity contribution >= 4 is 53.2 Å². The molecule has 19 nitrogen and oxygen atoms in total. The molecule has 288 valence electrons. The number of amides is 8. The van der Waals surface area contributed by atoms with E-state index in [1.54, 1.807) is 27.7 Å². The van der Waals surface area contributed by atoms with Crippen LogP contribution in [0.1, 0.15) is 73.6 Å². The largest absolute Gasteiger partial charge is 0.480 e. The Hall–Kier alpha value is -4.81. The number of nitrogens with one attached hydrogen (secondary N) is 6. The Morgan fingerprint density at radius 3 is 1.82 bits per heavy atom. The van der Waals surface area contributed by atoms with Crippen LogP contribution in [0, 0.1) is 17.8 Å². The van der Waals surface area contributed by atoms with E-state index in [9.17, 15) is 43.2 Å². The number of hydrogen-bond donors (Lipinski definition) is 9. The molecule has 0 bridgehead atoms. The molecule has 0 aliphatic carbocycles. The van der Waals surface area contributed by atoms with Gasteiger partial charge in [0.15, 0.2) is 0 Å². The number of carboxylic acid groups (broad SMARTS) is 1. The van der Waals surface area contributed by atoms with Crippen molar-refractivity contribution in [1.29, 1.82) is 0 Å². The summed E-state index contributed by atoms with van der Waals surface area (Å²) in [6.45, 7) is 9.09. The molecule has 0 aromatic carbocycles. The zero-order valence-electron chi connectivity index (χ0n) is 30.2. The maximum Gasteiger partial charge on any atom is 0.322 e. The van der Waals surface area contributed by atoms with E-state index in [0.717, 1.165) is 0 Å². The average Bonchev–Trinajstić information content (AvgIpc) is 3.54. The monoisotopic (exact) mass is 725 g/mol. The van der Waals surface area contributed by atoms with E-state index < -0.39 is 108 Å². The van der Waals surface area contributed by atoms with Gasteiger partial charge in [0.05, 0.1) is 13.1 Å². The zero-order chi connectivity index (χ0) is 39.0. The van der Waals surface area contributed by atoms with Crippen LogP contribution in [0.25, 0.3) is 0 Å². The summed E-state index contributed by atoms with van der Waals surface area (Å²) in [5.41, 5.74) is 10.6. The number of aliphatic carboxylic acids is 1. The van der Waals surface area contributed by atoms with Gasteiger partial charge in [-0.3, -0.25) is 43.2 Å². The summed E-state index contributed by atoms with van der Waals surface area (Å²) in [6, 6.07) is -5.73. The minimum atomic E-state index is -1.31. The number of rotatable bonds is 21. The van der Waals surface area contributed by atoms with Gasteiger partial charge in [-0.2, -0.15) is 0 Å². The maximum absolute atomic E-state index is 13.7. The van der Waals surface area contributed by atoms with Crippen LogP contribution in [-0.2, 0) is 43.2 Å². The van der Waals surface area contributed by atoms with Crippen LogP contribution >= 0.6 is 0 Å². The third-order valence-electron chi connectivity index (χ3n) is 8.03. The van der Waals surface area contributed by atoms with Crippen molar-refractivity contribution in [3.8, 4) is 0 Å². The third kappa shape index (κ3) is 15.3. The standard InChI is InChI=1S/C32H55N9O10/c1-16(2)12-20(38-30(49)26(17(3)4)39-24(44)14-35-23(43)13-33)28(47)40-27(18(5)6)31(50)37-19(9-10-22(34)42)32(51)41-11-7-8-21(41)29(48)36-15-25(45)46/h16-21,26-27H,7-15,33H2,1-6H3,(H2,34,42)(H,35,43)(H,36,48)(H,37,50)(H,38,49)(H,39,44)(H,40,47)(H,45,46)/t19-,20-,21-,26+,27-/m1/s1. The third-order valence-corrected chi connectivity index (χ3v) is 8.03. The molecule has 51 heavy (non-hydrogen) atoms. The van der Waals surface area contributed by atoms with Crippen LogP contribution in [0.5, 0.6) is 0 Å². The fourth-order valence-corrected chi connectivity index (χ4v) is 5.35. The first kappa shape index (κ1) is 44.2. The number of hydrogen-bond acceptors (Lipinski definition) is 10. The number of carbonyl (C=O) groups is 9. The summed E-state index contributed by atoms with van der Waals surface area (Å²) < 4.78 is 0. The summed E-state index contributed by atoms with van der Waals surface area (Å²) >= 11 is 0. The van der Waals surface area contributed by atoms with E-state index in [0.29, 0.717) is 6.42 Å². The lowest BCUT2D eigenvalue weighted by molar-refractivity contribution is -0.143. The Morgan fingerprint density at radius 2 is 1.31 bits per heavy atom. The van der Waals surface area contributed by atoms with E-state index in [-0.39, 0.29) is 44.7 Å². The van der Waals surface area contributed by atoms with Gasteiger partial charge < -0.3 is 53.4 Å². The van der Waals surface area contributed by atoms with E-state index in [4.69, 9.17) is 16.6 Å². The van der Waals surface area contributed by atoms with Gasteiger partial charge in [0.25, 0.3) is 0 Å². The van der Waals surface area contributed by atoms with Crippen LogP contribution in [0.2, 0.25) is 0 Å². The molecular formula is C32H55N9O10. The van der Waals surface area contributed by atoms with E-state index in [1.165, 1.54) is 4.90 Å². The van der Waals surface area contributed by atoms with Gasteiger partial charge in [0, 0.05) is 13.0 Å². The molecule has 1 heterocycles. The molecule has 1 saturated heterocycles. The Labute approximate surface area is 297 Å². The summed E-state index contributed by atoms with van der Waals surface area (Å²) in [7, 11) is 0. The van der Waals surface area contributed by atoms with Crippen molar-refractivity contribution in [2.75, 3.05) is 26.2 Å².